The quantitative estimate of drug-likeness (QED) is 0.723. The molecule has 0 aliphatic rings. The fourth-order valence-electron chi connectivity index (χ4n) is 2.08. The Labute approximate surface area is 122 Å². The first-order valence-electron chi connectivity index (χ1n) is 6.88. The lowest BCUT2D eigenvalue weighted by atomic mass is 10.2. The van der Waals surface area contributed by atoms with Gasteiger partial charge in [-0.3, -0.25) is 0 Å². The lowest BCUT2D eigenvalue weighted by molar-refractivity contribution is 0.667. The van der Waals surface area contributed by atoms with E-state index in [1.165, 1.54) is 0 Å². The highest BCUT2D eigenvalue weighted by Gasteiger charge is 2.06. The molecule has 0 atom stereocenters. The minimum Gasteiger partial charge on any atom is -0.311 e. The van der Waals surface area contributed by atoms with Gasteiger partial charge >= 0.3 is 0 Å². The molecule has 0 aliphatic carbocycles. The van der Waals surface area contributed by atoms with Crippen LogP contribution in [-0.2, 0) is 6.54 Å². The van der Waals surface area contributed by atoms with Crippen LogP contribution in [-0.4, -0.2) is 16.5 Å². The van der Waals surface area contributed by atoms with E-state index < -0.39 is 0 Å². The van der Waals surface area contributed by atoms with Crippen LogP contribution in [0.4, 0.5) is 0 Å². The molecule has 0 unspecified atom stereocenters. The van der Waals surface area contributed by atoms with E-state index in [1.54, 1.807) is 11.3 Å². The Balaban J connectivity index is 1.83. The topological polar surface area (TPSA) is 37.8 Å². The van der Waals surface area contributed by atoms with Crippen LogP contribution in [0.5, 0.6) is 0 Å². The zero-order valence-corrected chi connectivity index (χ0v) is 12.3. The van der Waals surface area contributed by atoms with Crippen LogP contribution in [0.25, 0.3) is 21.6 Å². The zero-order chi connectivity index (χ0) is 13.8. The monoisotopic (exact) mass is 283 g/mol. The lowest BCUT2D eigenvalue weighted by Gasteiger charge is -2.00. The summed E-state index contributed by atoms with van der Waals surface area (Å²) in [4.78, 5) is 9.34. The van der Waals surface area contributed by atoms with Crippen molar-refractivity contribution in [2.24, 2.45) is 0 Å². The highest BCUT2D eigenvalue weighted by molar-refractivity contribution is 7.13. The van der Waals surface area contributed by atoms with E-state index in [9.17, 15) is 0 Å². The van der Waals surface area contributed by atoms with E-state index in [-0.39, 0.29) is 0 Å². The Morgan fingerprint density at radius 2 is 2.00 bits per heavy atom. The summed E-state index contributed by atoms with van der Waals surface area (Å²) in [7, 11) is 0. The Morgan fingerprint density at radius 1 is 1.10 bits per heavy atom. The molecule has 0 spiro atoms. The number of nitrogens with zero attached hydrogens (tertiary/aromatic N) is 2. The van der Waals surface area contributed by atoms with E-state index >= 15 is 0 Å². The van der Waals surface area contributed by atoms with Gasteiger partial charge in [0.25, 0.3) is 0 Å². The third-order valence-corrected chi connectivity index (χ3v) is 4.02. The summed E-state index contributed by atoms with van der Waals surface area (Å²) in [5.74, 6) is 0. The first-order chi connectivity index (χ1) is 9.86. The van der Waals surface area contributed by atoms with Crippen LogP contribution in [0.1, 0.15) is 19.0 Å². The SMILES string of the molecule is CCCNCc1csc(-c2ccc3ccccc3n2)n1. The van der Waals surface area contributed by atoms with Crippen molar-refractivity contribution in [3.63, 3.8) is 0 Å². The van der Waals surface area contributed by atoms with Crippen LogP contribution in [0.2, 0.25) is 0 Å². The van der Waals surface area contributed by atoms with E-state index in [4.69, 9.17) is 0 Å². The van der Waals surface area contributed by atoms with Crippen molar-refractivity contribution in [2.45, 2.75) is 19.9 Å². The number of rotatable bonds is 5. The van der Waals surface area contributed by atoms with Crippen molar-refractivity contribution >= 4 is 22.2 Å². The maximum Gasteiger partial charge on any atom is 0.142 e. The van der Waals surface area contributed by atoms with Crippen LogP contribution in [0.15, 0.2) is 41.8 Å². The Morgan fingerprint density at radius 3 is 2.90 bits per heavy atom. The molecule has 3 nitrogen and oxygen atoms in total. The summed E-state index contributed by atoms with van der Waals surface area (Å²) in [6.07, 6.45) is 1.14. The summed E-state index contributed by atoms with van der Waals surface area (Å²) in [5, 5.41) is 7.63. The highest BCUT2D eigenvalue weighted by Crippen LogP contribution is 2.24. The fraction of sp³-hybridized carbons (Fsp3) is 0.250. The standard InChI is InChI=1S/C16H17N3S/c1-2-9-17-10-13-11-20-16(18-13)15-8-7-12-5-3-4-6-14(12)19-15/h3-8,11,17H,2,9-10H2,1H3. The molecule has 0 fully saturated rings. The molecule has 102 valence electrons. The molecule has 0 bridgehead atoms. The molecule has 1 aromatic carbocycles. The maximum atomic E-state index is 4.68. The Kier molecular flexibility index (Phi) is 4.04. The second-order valence-electron chi connectivity index (χ2n) is 4.71. The van der Waals surface area contributed by atoms with Gasteiger partial charge in [0.05, 0.1) is 16.9 Å². The number of hydrogen-bond donors (Lipinski definition) is 1. The van der Waals surface area contributed by atoms with Gasteiger partial charge in [-0.1, -0.05) is 31.2 Å². The molecular weight excluding hydrogens is 266 g/mol. The van der Waals surface area contributed by atoms with Crippen LogP contribution in [0, 0.1) is 0 Å². The second-order valence-corrected chi connectivity index (χ2v) is 5.57. The number of benzene rings is 1. The van der Waals surface area contributed by atoms with Crippen LogP contribution < -0.4 is 5.32 Å². The fourth-order valence-corrected chi connectivity index (χ4v) is 2.87. The summed E-state index contributed by atoms with van der Waals surface area (Å²) in [5.41, 5.74) is 3.06. The molecule has 0 saturated heterocycles. The molecule has 0 aliphatic heterocycles. The van der Waals surface area contributed by atoms with Gasteiger partial charge in [-0.25, -0.2) is 9.97 Å². The number of pyridine rings is 1. The molecule has 2 aromatic heterocycles. The zero-order valence-electron chi connectivity index (χ0n) is 11.5. The molecule has 0 radical (unpaired) electrons. The van der Waals surface area contributed by atoms with Gasteiger partial charge in [0, 0.05) is 17.3 Å². The predicted molar refractivity (Wildman–Crippen MR) is 84.8 cm³/mol. The van der Waals surface area contributed by atoms with Crippen molar-refractivity contribution in [3.05, 3.63) is 47.5 Å². The largest absolute Gasteiger partial charge is 0.311 e. The molecule has 0 amide bonds. The number of aromatic nitrogens is 2. The number of hydrogen-bond acceptors (Lipinski definition) is 4. The summed E-state index contributed by atoms with van der Waals surface area (Å²) in [6.45, 7) is 4.03. The molecule has 4 heteroatoms. The van der Waals surface area contributed by atoms with Crippen LogP contribution in [0.3, 0.4) is 0 Å². The lowest BCUT2D eigenvalue weighted by Crippen LogP contribution is -2.13. The van der Waals surface area contributed by atoms with E-state index in [1.807, 2.05) is 24.3 Å². The van der Waals surface area contributed by atoms with Gasteiger partial charge in [-0.15, -0.1) is 11.3 Å². The Bertz CT molecular complexity index is 706. The van der Waals surface area contributed by atoms with Gasteiger partial charge in [0.15, 0.2) is 0 Å². The summed E-state index contributed by atoms with van der Waals surface area (Å²) < 4.78 is 0. The van der Waals surface area contributed by atoms with Crippen molar-refractivity contribution in [2.75, 3.05) is 6.54 Å². The summed E-state index contributed by atoms with van der Waals surface area (Å²) in [6, 6.07) is 12.3. The van der Waals surface area contributed by atoms with Gasteiger partial charge in [0.1, 0.15) is 5.01 Å². The third kappa shape index (κ3) is 2.86. The van der Waals surface area contributed by atoms with Crippen molar-refractivity contribution in [3.8, 4) is 10.7 Å². The highest BCUT2D eigenvalue weighted by atomic mass is 32.1. The third-order valence-electron chi connectivity index (χ3n) is 3.10. The molecule has 2 heterocycles. The van der Waals surface area contributed by atoms with E-state index in [2.05, 4.69) is 39.7 Å². The minimum absolute atomic E-state index is 0.831. The average molecular weight is 283 g/mol. The van der Waals surface area contributed by atoms with Crippen molar-refractivity contribution in [1.82, 2.24) is 15.3 Å². The second kappa shape index (κ2) is 6.11. The van der Waals surface area contributed by atoms with Crippen LogP contribution >= 0.6 is 11.3 Å². The Hall–Kier alpha value is -1.78. The molecule has 3 aromatic rings. The molecule has 1 N–H and O–H groups in total. The number of thiazole rings is 1. The molecule has 3 rings (SSSR count). The normalized spacial score (nSPS) is 11.1. The number of fused-ring (bicyclic) bond motifs is 1. The van der Waals surface area contributed by atoms with Gasteiger partial charge < -0.3 is 5.32 Å². The number of nitrogens with one attached hydrogen (secondary N) is 1. The van der Waals surface area contributed by atoms with E-state index in [0.717, 1.165) is 46.8 Å². The predicted octanol–water partition coefficient (Wildman–Crippen LogP) is 3.86. The van der Waals surface area contributed by atoms with Gasteiger partial charge in [0.2, 0.25) is 0 Å². The van der Waals surface area contributed by atoms with E-state index in [0.29, 0.717) is 0 Å². The maximum absolute atomic E-state index is 4.68. The molecule has 20 heavy (non-hydrogen) atoms. The first kappa shape index (κ1) is 13.2. The number of para-hydroxylation sites is 1. The summed E-state index contributed by atoms with van der Waals surface area (Å²) >= 11 is 1.66. The minimum atomic E-state index is 0.831. The van der Waals surface area contributed by atoms with Gasteiger partial charge in [-0.05, 0) is 25.1 Å². The first-order valence-corrected chi connectivity index (χ1v) is 7.76. The average Bonchev–Trinajstić information content (AvgIpc) is 2.96. The van der Waals surface area contributed by atoms with Crippen molar-refractivity contribution < 1.29 is 0 Å². The smallest absolute Gasteiger partial charge is 0.142 e. The molecule has 0 saturated carbocycles. The van der Waals surface area contributed by atoms with Crippen molar-refractivity contribution in [1.29, 1.82) is 0 Å². The molecular formula is C16H17N3S. The van der Waals surface area contributed by atoms with Gasteiger partial charge in [-0.2, -0.15) is 0 Å².